The molecule has 0 atom stereocenters. The summed E-state index contributed by atoms with van der Waals surface area (Å²) in [4.78, 5) is 6.14. The molecule has 0 aliphatic heterocycles. The average Bonchev–Trinajstić information content (AvgIpc) is 3.05. The molecule has 0 amide bonds. The van der Waals surface area contributed by atoms with Gasteiger partial charge in [-0.3, -0.25) is 0 Å². The van der Waals surface area contributed by atoms with E-state index in [-0.39, 0.29) is 6.61 Å². The summed E-state index contributed by atoms with van der Waals surface area (Å²) in [5.41, 5.74) is 4.55. The van der Waals surface area contributed by atoms with E-state index in [1.165, 1.54) is 21.4 Å². The maximum absolute atomic E-state index is 8.89. The van der Waals surface area contributed by atoms with E-state index < -0.39 is 0 Å². The van der Waals surface area contributed by atoms with Gasteiger partial charge in [-0.2, -0.15) is 0 Å². The van der Waals surface area contributed by atoms with Crippen LogP contribution in [0.1, 0.15) is 17.5 Å². The number of nitrogens with zero attached hydrogens (tertiary/aromatic N) is 1. The first-order valence-electron chi connectivity index (χ1n) is 7.54. The number of nitrogens with one attached hydrogen (secondary N) is 1. The van der Waals surface area contributed by atoms with Crippen LogP contribution in [-0.4, -0.2) is 23.2 Å². The molecule has 4 heteroatoms. The van der Waals surface area contributed by atoms with Crippen LogP contribution in [0.4, 0.5) is 0 Å². The van der Waals surface area contributed by atoms with Crippen LogP contribution in [0.3, 0.4) is 0 Å². The van der Waals surface area contributed by atoms with E-state index in [2.05, 4.69) is 54.0 Å². The van der Waals surface area contributed by atoms with Crippen LogP contribution in [0.25, 0.3) is 21.5 Å². The largest absolute Gasteiger partial charge is 0.396 e. The van der Waals surface area contributed by atoms with Crippen molar-refractivity contribution >= 4 is 22.2 Å². The van der Waals surface area contributed by atoms with Crippen LogP contribution in [0.2, 0.25) is 0 Å². The van der Waals surface area contributed by atoms with Crippen molar-refractivity contribution in [2.75, 3.05) is 13.2 Å². The van der Waals surface area contributed by atoms with Crippen molar-refractivity contribution in [3.63, 3.8) is 0 Å². The fourth-order valence-electron chi connectivity index (χ4n) is 2.58. The van der Waals surface area contributed by atoms with Crippen LogP contribution in [0.5, 0.6) is 0 Å². The van der Waals surface area contributed by atoms with E-state index in [0.717, 1.165) is 30.7 Å². The zero-order valence-corrected chi connectivity index (χ0v) is 13.5. The fraction of sp³-hybridized carbons (Fsp3) is 0.278. The standard InChI is InChI=1S/C18H20N2OS/c1-13-5-2-6-14-11-15(12-19-8-4-9-21)18(20-17(13)14)16-7-3-10-22-16/h2-3,5-7,10-11,19,21H,4,8-9,12H2,1H3. The predicted molar refractivity (Wildman–Crippen MR) is 93.2 cm³/mol. The van der Waals surface area contributed by atoms with Crippen LogP contribution in [-0.2, 0) is 6.54 Å². The van der Waals surface area contributed by atoms with Gasteiger partial charge in [0.1, 0.15) is 0 Å². The summed E-state index contributed by atoms with van der Waals surface area (Å²) in [7, 11) is 0. The van der Waals surface area contributed by atoms with E-state index >= 15 is 0 Å². The number of hydrogen-bond donors (Lipinski definition) is 2. The number of pyridine rings is 1. The van der Waals surface area contributed by atoms with Crippen molar-refractivity contribution in [2.45, 2.75) is 19.9 Å². The van der Waals surface area contributed by atoms with Gasteiger partial charge in [-0.1, -0.05) is 24.3 Å². The van der Waals surface area contributed by atoms with Gasteiger partial charge in [-0.25, -0.2) is 4.98 Å². The number of benzene rings is 1. The lowest BCUT2D eigenvalue weighted by molar-refractivity contribution is 0.286. The molecule has 22 heavy (non-hydrogen) atoms. The topological polar surface area (TPSA) is 45.1 Å². The molecule has 2 heterocycles. The second kappa shape index (κ2) is 7.01. The third-order valence-electron chi connectivity index (χ3n) is 3.71. The van der Waals surface area contributed by atoms with E-state index in [1.54, 1.807) is 11.3 Å². The quantitative estimate of drug-likeness (QED) is 0.682. The van der Waals surface area contributed by atoms with Crippen LogP contribution in [0.15, 0.2) is 41.8 Å². The first-order chi connectivity index (χ1) is 10.8. The molecule has 0 saturated heterocycles. The van der Waals surface area contributed by atoms with E-state index in [1.807, 2.05) is 0 Å². The second-order valence-corrected chi connectivity index (χ2v) is 6.32. The number of thiophene rings is 1. The summed E-state index contributed by atoms with van der Waals surface area (Å²) in [6.07, 6.45) is 0.772. The van der Waals surface area contributed by atoms with Gasteiger partial charge in [0.15, 0.2) is 0 Å². The molecule has 0 unspecified atom stereocenters. The Bertz CT molecular complexity index is 753. The lowest BCUT2D eigenvalue weighted by Crippen LogP contribution is -2.16. The summed E-state index contributed by atoms with van der Waals surface area (Å²) < 4.78 is 0. The molecule has 0 spiro atoms. The Morgan fingerprint density at radius 3 is 2.91 bits per heavy atom. The number of aromatic nitrogens is 1. The number of fused-ring (bicyclic) bond motifs is 1. The van der Waals surface area contributed by atoms with E-state index in [9.17, 15) is 0 Å². The Balaban J connectivity index is 2.02. The van der Waals surface area contributed by atoms with E-state index in [4.69, 9.17) is 10.1 Å². The molecule has 3 rings (SSSR count). The highest BCUT2D eigenvalue weighted by Gasteiger charge is 2.11. The van der Waals surface area contributed by atoms with Gasteiger partial charge in [-0.15, -0.1) is 11.3 Å². The highest BCUT2D eigenvalue weighted by Crippen LogP contribution is 2.30. The number of para-hydroxylation sites is 1. The van der Waals surface area contributed by atoms with Gasteiger partial charge in [-0.05, 0) is 48.5 Å². The smallest absolute Gasteiger partial charge is 0.0854 e. The van der Waals surface area contributed by atoms with Crippen molar-refractivity contribution in [3.05, 3.63) is 52.9 Å². The minimum absolute atomic E-state index is 0.222. The highest BCUT2D eigenvalue weighted by molar-refractivity contribution is 7.13. The predicted octanol–water partition coefficient (Wildman–Crippen LogP) is 3.74. The third-order valence-corrected chi connectivity index (χ3v) is 4.58. The molecule has 2 aromatic heterocycles. The summed E-state index contributed by atoms with van der Waals surface area (Å²) in [5, 5.41) is 15.5. The van der Waals surface area contributed by atoms with Crippen molar-refractivity contribution in [3.8, 4) is 10.6 Å². The van der Waals surface area contributed by atoms with Crippen LogP contribution < -0.4 is 5.32 Å². The molecule has 3 nitrogen and oxygen atoms in total. The lowest BCUT2D eigenvalue weighted by Gasteiger charge is -2.12. The van der Waals surface area contributed by atoms with E-state index in [0.29, 0.717) is 0 Å². The lowest BCUT2D eigenvalue weighted by atomic mass is 10.1. The first-order valence-corrected chi connectivity index (χ1v) is 8.42. The third kappa shape index (κ3) is 3.19. The van der Waals surface area contributed by atoms with Crippen molar-refractivity contribution in [1.29, 1.82) is 0 Å². The number of hydrogen-bond acceptors (Lipinski definition) is 4. The van der Waals surface area contributed by atoms with Gasteiger partial charge in [0.2, 0.25) is 0 Å². The SMILES string of the molecule is Cc1cccc2cc(CNCCCO)c(-c3cccs3)nc12. The molecule has 2 N–H and O–H groups in total. The van der Waals surface area contributed by atoms with Crippen molar-refractivity contribution < 1.29 is 5.11 Å². The van der Waals surface area contributed by atoms with Crippen LogP contribution >= 0.6 is 11.3 Å². The molecular formula is C18H20N2OS. The molecular weight excluding hydrogens is 292 g/mol. The molecule has 0 aliphatic rings. The van der Waals surface area contributed by atoms with Crippen LogP contribution in [0, 0.1) is 6.92 Å². The summed E-state index contributed by atoms with van der Waals surface area (Å²) in [5.74, 6) is 0. The maximum atomic E-state index is 8.89. The molecule has 114 valence electrons. The van der Waals surface area contributed by atoms with Gasteiger partial charge < -0.3 is 10.4 Å². The molecule has 0 saturated carbocycles. The maximum Gasteiger partial charge on any atom is 0.0854 e. The second-order valence-electron chi connectivity index (χ2n) is 5.37. The van der Waals surface area contributed by atoms with Crippen molar-refractivity contribution in [2.24, 2.45) is 0 Å². The molecule has 0 radical (unpaired) electrons. The highest BCUT2D eigenvalue weighted by atomic mass is 32.1. The number of aliphatic hydroxyl groups excluding tert-OH is 1. The molecule has 1 aromatic carbocycles. The number of rotatable bonds is 6. The van der Waals surface area contributed by atoms with Gasteiger partial charge >= 0.3 is 0 Å². The van der Waals surface area contributed by atoms with Gasteiger partial charge in [0.25, 0.3) is 0 Å². The Morgan fingerprint density at radius 2 is 2.14 bits per heavy atom. The Kier molecular flexibility index (Phi) is 4.83. The zero-order valence-electron chi connectivity index (χ0n) is 12.7. The summed E-state index contributed by atoms with van der Waals surface area (Å²) >= 11 is 1.72. The Hall–Kier alpha value is -1.75. The molecule has 0 bridgehead atoms. The number of aryl methyl sites for hydroxylation is 1. The van der Waals surface area contributed by atoms with Gasteiger partial charge in [0.05, 0.1) is 16.1 Å². The Labute approximate surface area is 134 Å². The van der Waals surface area contributed by atoms with Crippen molar-refractivity contribution in [1.82, 2.24) is 10.3 Å². The molecule has 0 aliphatic carbocycles. The normalized spacial score (nSPS) is 11.2. The summed E-state index contributed by atoms with van der Waals surface area (Å²) in [6, 6.07) is 12.7. The zero-order chi connectivity index (χ0) is 15.4. The molecule has 0 fully saturated rings. The average molecular weight is 312 g/mol. The fourth-order valence-corrected chi connectivity index (χ4v) is 3.33. The molecule has 3 aromatic rings. The first kappa shape index (κ1) is 15.2. The number of aliphatic hydroxyl groups is 1. The minimum atomic E-state index is 0.222. The summed E-state index contributed by atoms with van der Waals surface area (Å²) in [6.45, 7) is 3.91. The Morgan fingerprint density at radius 1 is 1.23 bits per heavy atom. The minimum Gasteiger partial charge on any atom is -0.396 e. The van der Waals surface area contributed by atoms with Gasteiger partial charge in [0, 0.05) is 18.5 Å². The monoisotopic (exact) mass is 312 g/mol.